The first-order valence-corrected chi connectivity index (χ1v) is 6.68. The molecule has 0 fully saturated rings. The first-order valence-electron chi connectivity index (χ1n) is 5.01. The van der Waals surface area contributed by atoms with Gasteiger partial charge in [-0.2, -0.15) is 0 Å². The van der Waals surface area contributed by atoms with Crippen LogP contribution < -0.4 is 5.73 Å². The van der Waals surface area contributed by atoms with E-state index in [0.717, 1.165) is 15.9 Å². The Balaban J connectivity index is 2.18. The van der Waals surface area contributed by atoms with Crippen LogP contribution >= 0.6 is 27.3 Å². The summed E-state index contributed by atoms with van der Waals surface area (Å²) in [4.78, 5) is 4.29. The van der Waals surface area contributed by atoms with Crippen molar-refractivity contribution in [1.82, 2.24) is 4.98 Å². The average molecular weight is 297 g/mol. The zero-order valence-corrected chi connectivity index (χ0v) is 11.4. The summed E-state index contributed by atoms with van der Waals surface area (Å²) in [6.45, 7) is 2.02. The lowest BCUT2D eigenvalue weighted by Crippen LogP contribution is -2.35. The summed E-state index contributed by atoms with van der Waals surface area (Å²) in [5, 5.41) is 2.94. The molecule has 0 aliphatic heterocycles. The van der Waals surface area contributed by atoms with Crippen molar-refractivity contribution < 1.29 is 0 Å². The molecule has 0 aliphatic rings. The van der Waals surface area contributed by atoms with E-state index >= 15 is 0 Å². The van der Waals surface area contributed by atoms with E-state index in [2.05, 4.69) is 33.0 Å². The third-order valence-corrected chi connectivity index (χ3v) is 3.99. The standard InChI is InChI=1S/C12H13BrN2S/c1-12(14,11-15-6-7-16-11)8-9-2-4-10(13)5-3-9/h2-7H,8,14H2,1H3. The highest BCUT2D eigenvalue weighted by atomic mass is 79.9. The molecule has 1 aromatic heterocycles. The summed E-state index contributed by atoms with van der Waals surface area (Å²) in [6.07, 6.45) is 2.60. The minimum absolute atomic E-state index is 0.387. The smallest absolute Gasteiger partial charge is 0.112 e. The van der Waals surface area contributed by atoms with Gasteiger partial charge in [-0.3, -0.25) is 0 Å². The molecule has 84 valence electrons. The number of aromatic nitrogens is 1. The maximum atomic E-state index is 6.29. The van der Waals surface area contributed by atoms with Gasteiger partial charge in [-0.1, -0.05) is 28.1 Å². The normalized spacial score (nSPS) is 14.7. The molecule has 0 amide bonds. The van der Waals surface area contributed by atoms with Crippen molar-refractivity contribution in [3.05, 3.63) is 50.9 Å². The van der Waals surface area contributed by atoms with Crippen LogP contribution in [0.3, 0.4) is 0 Å². The van der Waals surface area contributed by atoms with E-state index in [0.29, 0.717) is 0 Å². The molecule has 0 saturated carbocycles. The number of hydrogen-bond acceptors (Lipinski definition) is 3. The Morgan fingerprint density at radius 1 is 1.38 bits per heavy atom. The van der Waals surface area contributed by atoms with Crippen molar-refractivity contribution in [3.63, 3.8) is 0 Å². The van der Waals surface area contributed by atoms with Crippen LogP contribution in [-0.2, 0) is 12.0 Å². The van der Waals surface area contributed by atoms with E-state index < -0.39 is 0 Å². The second-order valence-electron chi connectivity index (χ2n) is 4.06. The number of thiazole rings is 1. The number of halogens is 1. The molecule has 2 nitrogen and oxygen atoms in total. The second kappa shape index (κ2) is 4.65. The van der Waals surface area contributed by atoms with Crippen LogP contribution in [0.15, 0.2) is 40.3 Å². The van der Waals surface area contributed by atoms with Crippen LogP contribution in [-0.4, -0.2) is 4.98 Å². The molecule has 1 unspecified atom stereocenters. The molecule has 4 heteroatoms. The lowest BCUT2D eigenvalue weighted by Gasteiger charge is -2.22. The van der Waals surface area contributed by atoms with Crippen LogP contribution in [0.2, 0.25) is 0 Å². The van der Waals surface area contributed by atoms with E-state index in [9.17, 15) is 0 Å². The minimum Gasteiger partial charge on any atom is -0.319 e. The zero-order valence-electron chi connectivity index (χ0n) is 8.98. The van der Waals surface area contributed by atoms with Gasteiger partial charge >= 0.3 is 0 Å². The summed E-state index contributed by atoms with van der Waals surface area (Å²) in [5.74, 6) is 0. The molecule has 0 aliphatic carbocycles. The van der Waals surface area contributed by atoms with Crippen LogP contribution in [0.4, 0.5) is 0 Å². The van der Waals surface area contributed by atoms with E-state index in [4.69, 9.17) is 5.73 Å². The number of hydrogen-bond donors (Lipinski definition) is 1. The van der Waals surface area contributed by atoms with Crippen molar-refractivity contribution in [2.45, 2.75) is 18.9 Å². The van der Waals surface area contributed by atoms with Crippen LogP contribution in [0.1, 0.15) is 17.5 Å². The summed E-state index contributed by atoms with van der Waals surface area (Å²) in [5.41, 5.74) is 7.13. The highest BCUT2D eigenvalue weighted by Crippen LogP contribution is 2.25. The van der Waals surface area contributed by atoms with Crippen LogP contribution in [0.25, 0.3) is 0 Å². The summed E-state index contributed by atoms with van der Waals surface area (Å²) in [6, 6.07) is 8.24. The van der Waals surface area contributed by atoms with Gasteiger partial charge < -0.3 is 5.73 Å². The molecule has 16 heavy (non-hydrogen) atoms. The van der Waals surface area contributed by atoms with Gasteiger partial charge in [0.05, 0.1) is 5.54 Å². The van der Waals surface area contributed by atoms with Crippen molar-refractivity contribution in [2.24, 2.45) is 5.73 Å². The third kappa shape index (κ3) is 2.70. The van der Waals surface area contributed by atoms with Crippen molar-refractivity contribution in [1.29, 1.82) is 0 Å². The fourth-order valence-corrected chi connectivity index (χ4v) is 2.59. The SMILES string of the molecule is CC(N)(Cc1ccc(Br)cc1)c1nccs1. The molecule has 0 radical (unpaired) electrons. The van der Waals surface area contributed by atoms with Gasteiger partial charge in [-0.25, -0.2) is 4.98 Å². The maximum absolute atomic E-state index is 6.29. The van der Waals surface area contributed by atoms with E-state index in [1.807, 2.05) is 24.4 Å². The average Bonchev–Trinajstić information content (AvgIpc) is 2.75. The fourth-order valence-electron chi connectivity index (χ4n) is 1.61. The third-order valence-electron chi connectivity index (χ3n) is 2.41. The Bertz CT molecular complexity index is 448. The van der Waals surface area contributed by atoms with Crippen molar-refractivity contribution >= 4 is 27.3 Å². The molecular formula is C12H13BrN2S. The zero-order chi connectivity index (χ0) is 11.6. The Hall–Kier alpha value is -0.710. The van der Waals surface area contributed by atoms with Gasteiger partial charge in [0, 0.05) is 16.0 Å². The molecule has 1 heterocycles. The fraction of sp³-hybridized carbons (Fsp3) is 0.250. The van der Waals surface area contributed by atoms with Gasteiger partial charge in [-0.15, -0.1) is 11.3 Å². The van der Waals surface area contributed by atoms with Gasteiger partial charge in [-0.05, 0) is 31.0 Å². The Kier molecular flexibility index (Phi) is 3.42. The first-order chi connectivity index (χ1) is 7.58. The Morgan fingerprint density at radius 3 is 2.62 bits per heavy atom. The largest absolute Gasteiger partial charge is 0.319 e. The van der Waals surface area contributed by atoms with Crippen LogP contribution in [0, 0.1) is 0 Å². The summed E-state index contributed by atoms with van der Waals surface area (Å²) in [7, 11) is 0. The molecule has 2 N–H and O–H groups in total. The highest BCUT2D eigenvalue weighted by molar-refractivity contribution is 9.10. The number of rotatable bonds is 3. The van der Waals surface area contributed by atoms with Crippen molar-refractivity contribution in [2.75, 3.05) is 0 Å². The second-order valence-corrected chi connectivity index (χ2v) is 5.87. The Morgan fingerprint density at radius 2 is 2.06 bits per heavy atom. The van der Waals surface area contributed by atoms with E-state index in [-0.39, 0.29) is 5.54 Å². The van der Waals surface area contributed by atoms with E-state index in [1.54, 1.807) is 17.5 Å². The predicted octanol–water partition coefficient (Wildman–Crippen LogP) is 3.32. The topological polar surface area (TPSA) is 38.9 Å². The number of benzene rings is 1. The predicted molar refractivity (Wildman–Crippen MR) is 71.5 cm³/mol. The molecular weight excluding hydrogens is 284 g/mol. The molecule has 2 aromatic rings. The minimum atomic E-state index is -0.387. The molecule has 0 bridgehead atoms. The lowest BCUT2D eigenvalue weighted by atomic mass is 9.95. The van der Waals surface area contributed by atoms with Gasteiger partial charge in [0.2, 0.25) is 0 Å². The molecule has 2 rings (SSSR count). The number of nitrogens with zero attached hydrogens (tertiary/aromatic N) is 1. The van der Waals surface area contributed by atoms with Gasteiger partial charge in [0.1, 0.15) is 5.01 Å². The maximum Gasteiger partial charge on any atom is 0.112 e. The van der Waals surface area contributed by atoms with Crippen molar-refractivity contribution in [3.8, 4) is 0 Å². The first kappa shape index (κ1) is 11.8. The molecule has 0 spiro atoms. The monoisotopic (exact) mass is 296 g/mol. The Labute approximate surface area is 108 Å². The molecule has 1 aromatic carbocycles. The molecule has 0 saturated heterocycles. The van der Waals surface area contributed by atoms with Gasteiger partial charge in [0.25, 0.3) is 0 Å². The quantitative estimate of drug-likeness (QED) is 0.944. The highest BCUT2D eigenvalue weighted by Gasteiger charge is 2.24. The lowest BCUT2D eigenvalue weighted by molar-refractivity contribution is 0.488. The van der Waals surface area contributed by atoms with Crippen LogP contribution in [0.5, 0.6) is 0 Å². The summed E-state index contributed by atoms with van der Waals surface area (Å²) < 4.78 is 1.09. The number of nitrogens with two attached hydrogens (primary N) is 1. The summed E-state index contributed by atoms with van der Waals surface area (Å²) >= 11 is 5.03. The molecule has 1 atom stereocenters. The van der Waals surface area contributed by atoms with Gasteiger partial charge in [0.15, 0.2) is 0 Å². The van der Waals surface area contributed by atoms with E-state index in [1.165, 1.54) is 5.56 Å².